The third-order valence-electron chi connectivity index (χ3n) is 3.98. The lowest BCUT2D eigenvalue weighted by Gasteiger charge is -2.00. The molecule has 1 nitrogen and oxygen atoms in total. The highest BCUT2D eigenvalue weighted by Crippen LogP contribution is 2.18. The van der Waals surface area contributed by atoms with Crippen LogP contribution < -0.4 is 0 Å². The first-order valence-electron chi connectivity index (χ1n) is 7.91. The van der Waals surface area contributed by atoms with Gasteiger partial charge in [0.05, 0.1) is 5.69 Å². The smallest absolute Gasteiger partial charge is 0.0701 e. The fourth-order valence-electron chi connectivity index (χ4n) is 2.73. The van der Waals surface area contributed by atoms with E-state index < -0.39 is 0 Å². The number of hydrogen-bond donors (Lipinski definition) is 0. The summed E-state index contributed by atoms with van der Waals surface area (Å²) >= 11 is 0. The Bertz CT molecular complexity index is 1030. The Labute approximate surface area is 141 Å². The van der Waals surface area contributed by atoms with Gasteiger partial charge in [0.1, 0.15) is 0 Å². The molecule has 112 valence electrons. The first-order chi connectivity index (χ1) is 11.9. The first kappa shape index (κ1) is 14.2. The molecule has 0 aliphatic rings. The molecule has 0 bridgehead atoms. The van der Waals surface area contributed by atoms with Crippen LogP contribution in [0.2, 0.25) is 0 Å². The van der Waals surface area contributed by atoms with Gasteiger partial charge in [0.2, 0.25) is 0 Å². The average molecular weight is 305 g/mol. The molecule has 0 spiro atoms. The van der Waals surface area contributed by atoms with E-state index in [-0.39, 0.29) is 0 Å². The van der Waals surface area contributed by atoms with E-state index in [9.17, 15) is 0 Å². The van der Waals surface area contributed by atoms with Gasteiger partial charge >= 0.3 is 0 Å². The molecule has 0 saturated carbocycles. The Morgan fingerprint density at radius 1 is 0.625 bits per heavy atom. The minimum atomic E-state index is 0.978. The molecule has 24 heavy (non-hydrogen) atoms. The van der Waals surface area contributed by atoms with Crippen LogP contribution in [0.5, 0.6) is 0 Å². The zero-order valence-corrected chi connectivity index (χ0v) is 13.1. The van der Waals surface area contributed by atoms with Crippen molar-refractivity contribution in [2.24, 2.45) is 0 Å². The van der Waals surface area contributed by atoms with E-state index in [4.69, 9.17) is 0 Å². The maximum Gasteiger partial charge on any atom is 0.0701 e. The molecule has 0 radical (unpaired) electrons. The normalized spacial score (nSPS) is 10.2. The highest BCUT2D eigenvalue weighted by molar-refractivity contribution is 5.88. The number of aromatic nitrogens is 1. The van der Waals surface area contributed by atoms with E-state index in [0.717, 1.165) is 22.4 Å². The topological polar surface area (TPSA) is 12.9 Å². The summed E-state index contributed by atoms with van der Waals surface area (Å²) in [7, 11) is 0. The molecule has 0 aliphatic carbocycles. The van der Waals surface area contributed by atoms with Gasteiger partial charge in [0.15, 0.2) is 0 Å². The zero-order valence-electron chi connectivity index (χ0n) is 13.1. The molecular weight excluding hydrogens is 290 g/mol. The third kappa shape index (κ3) is 2.91. The summed E-state index contributed by atoms with van der Waals surface area (Å²) < 4.78 is 0. The van der Waals surface area contributed by atoms with Gasteiger partial charge in [-0.15, -0.1) is 0 Å². The number of benzene rings is 3. The highest BCUT2D eigenvalue weighted by atomic mass is 14.7. The Kier molecular flexibility index (Phi) is 3.80. The summed E-state index contributed by atoms with van der Waals surface area (Å²) in [5.74, 6) is 6.56. The van der Waals surface area contributed by atoms with E-state index in [1.807, 2.05) is 36.5 Å². The molecule has 0 aliphatic heterocycles. The minimum absolute atomic E-state index is 0.978. The molecule has 0 N–H and O–H groups in total. The van der Waals surface area contributed by atoms with Crippen molar-refractivity contribution in [3.05, 3.63) is 102 Å². The maximum absolute atomic E-state index is 4.37. The van der Waals surface area contributed by atoms with E-state index in [1.54, 1.807) is 0 Å². The van der Waals surface area contributed by atoms with Crippen molar-refractivity contribution in [1.82, 2.24) is 4.98 Å². The van der Waals surface area contributed by atoms with Crippen LogP contribution in [0.15, 0.2) is 91.1 Å². The molecule has 3 aromatic carbocycles. The highest BCUT2D eigenvalue weighted by Gasteiger charge is 1.98. The van der Waals surface area contributed by atoms with Gasteiger partial charge in [-0.05, 0) is 41.1 Å². The molecule has 1 aromatic heterocycles. The SMILES string of the molecule is C(#Cc1cccc2ccccc12)c1ccc(-c2ccccn2)cc1. The van der Waals surface area contributed by atoms with Crippen LogP contribution in [-0.4, -0.2) is 4.98 Å². The van der Waals surface area contributed by atoms with Gasteiger partial charge in [-0.1, -0.05) is 66.4 Å². The van der Waals surface area contributed by atoms with Crippen LogP contribution in [0.25, 0.3) is 22.0 Å². The van der Waals surface area contributed by atoms with Crippen molar-refractivity contribution in [3.63, 3.8) is 0 Å². The second-order valence-corrected chi connectivity index (χ2v) is 5.57. The number of pyridine rings is 1. The van der Waals surface area contributed by atoms with Crippen LogP contribution >= 0.6 is 0 Å². The van der Waals surface area contributed by atoms with Crippen molar-refractivity contribution < 1.29 is 0 Å². The molecule has 0 unspecified atom stereocenters. The molecule has 1 heterocycles. The Morgan fingerprint density at radius 2 is 1.42 bits per heavy atom. The van der Waals surface area contributed by atoms with Crippen LogP contribution in [0.4, 0.5) is 0 Å². The Morgan fingerprint density at radius 3 is 2.25 bits per heavy atom. The standard InChI is InChI=1S/C23H15N/c1-2-9-22-19(6-1)7-5-8-20(22)14-11-18-12-15-21(16-13-18)23-10-3-4-17-24-23/h1-10,12-13,15-17H. The molecule has 0 atom stereocenters. The largest absolute Gasteiger partial charge is 0.256 e. The van der Waals surface area contributed by atoms with Crippen molar-refractivity contribution in [2.45, 2.75) is 0 Å². The predicted octanol–water partition coefficient (Wildman–Crippen LogP) is 5.30. The molecule has 0 fully saturated rings. The molecule has 0 saturated heterocycles. The van der Waals surface area contributed by atoms with E-state index in [1.165, 1.54) is 10.8 Å². The molecule has 4 aromatic rings. The number of hydrogen-bond acceptors (Lipinski definition) is 1. The summed E-state index contributed by atoms with van der Waals surface area (Å²) in [6, 6.07) is 28.7. The summed E-state index contributed by atoms with van der Waals surface area (Å²) in [6.07, 6.45) is 1.81. The van der Waals surface area contributed by atoms with E-state index in [0.29, 0.717) is 0 Å². The van der Waals surface area contributed by atoms with Crippen molar-refractivity contribution in [2.75, 3.05) is 0 Å². The monoisotopic (exact) mass is 305 g/mol. The van der Waals surface area contributed by atoms with Gasteiger partial charge in [-0.25, -0.2) is 0 Å². The Hall–Kier alpha value is -3.37. The van der Waals surface area contributed by atoms with Crippen LogP contribution in [-0.2, 0) is 0 Å². The zero-order chi connectivity index (χ0) is 16.2. The van der Waals surface area contributed by atoms with Gasteiger partial charge < -0.3 is 0 Å². The van der Waals surface area contributed by atoms with Crippen molar-refractivity contribution in [1.29, 1.82) is 0 Å². The second kappa shape index (κ2) is 6.40. The molecule has 1 heteroatoms. The van der Waals surface area contributed by atoms with Gasteiger partial charge in [-0.2, -0.15) is 0 Å². The van der Waals surface area contributed by atoms with Crippen molar-refractivity contribution in [3.8, 4) is 23.1 Å². The molecule has 4 rings (SSSR count). The minimum Gasteiger partial charge on any atom is -0.256 e. The third-order valence-corrected chi connectivity index (χ3v) is 3.98. The fourth-order valence-corrected chi connectivity index (χ4v) is 2.73. The second-order valence-electron chi connectivity index (χ2n) is 5.57. The quantitative estimate of drug-likeness (QED) is 0.435. The maximum atomic E-state index is 4.37. The summed E-state index contributed by atoms with van der Waals surface area (Å²) in [5, 5.41) is 2.41. The Balaban J connectivity index is 1.66. The van der Waals surface area contributed by atoms with Crippen LogP contribution in [0.3, 0.4) is 0 Å². The summed E-state index contributed by atoms with van der Waals surface area (Å²) in [5.41, 5.74) is 4.14. The summed E-state index contributed by atoms with van der Waals surface area (Å²) in [6.45, 7) is 0. The lowest BCUT2D eigenvalue weighted by atomic mass is 10.0. The average Bonchev–Trinajstić information content (AvgIpc) is 2.67. The number of nitrogens with zero attached hydrogens (tertiary/aromatic N) is 1. The van der Waals surface area contributed by atoms with Crippen molar-refractivity contribution >= 4 is 10.8 Å². The van der Waals surface area contributed by atoms with Crippen LogP contribution in [0.1, 0.15) is 11.1 Å². The number of rotatable bonds is 1. The molecule has 0 amide bonds. The predicted molar refractivity (Wildman–Crippen MR) is 99.6 cm³/mol. The number of fused-ring (bicyclic) bond motifs is 1. The lowest BCUT2D eigenvalue weighted by Crippen LogP contribution is -1.83. The molecular formula is C23H15N. The summed E-state index contributed by atoms with van der Waals surface area (Å²) in [4.78, 5) is 4.37. The fraction of sp³-hybridized carbons (Fsp3) is 0. The van der Waals surface area contributed by atoms with Crippen LogP contribution in [0, 0.1) is 11.8 Å². The van der Waals surface area contributed by atoms with Gasteiger partial charge in [-0.3, -0.25) is 4.98 Å². The van der Waals surface area contributed by atoms with E-state index in [2.05, 4.69) is 71.4 Å². The van der Waals surface area contributed by atoms with Gasteiger partial charge in [0.25, 0.3) is 0 Å². The van der Waals surface area contributed by atoms with Gasteiger partial charge in [0, 0.05) is 22.9 Å². The lowest BCUT2D eigenvalue weighted by molar-refractivity contribution is 1.33. The first-order valence-corrected chi connectivity index (χ1v) is 7.91. The van der Waals surface area contributed by atoms with E-state index >= 15 is 0 Å².